The molecule has 1 fully saturated rings. The molecule has 0 bridgehead atoms. The molecule has 17 heavy (non-hydrogen) atoms. The van der Waals surface area contributed by atoms with Crippen molar-refractivity contribution in [2.24, 2.45) is 5.92 Å². The van der Waals surface area contributed by atoms with E-state index in [2.05, 4.69) is 5.32 Å². The first-order valence-corrected chi connectivity index (χ1v) is 6.54. The first-order valence-electron chi connectivity index (χ1n) is 5.66. The van der Waals surface area contributed by atoms with Gasteiger partial charge < -0.3 is 10.4 Å². The quantitative estimate of drug-likeness (QED) is 0.854. The second-order valence-corrected chi connectivity index (χ2v) is 5.16. The van der Waals surface area contributed by atoms with Crippen molar-refractivity contribution in [2.75, 3.05) is 6.54 Å². The van der Waals surface area contributed by atoms with Crippen molar-refractivity contribution in [3.63, 3.8) is 0 Å². The number of amides is 1. The molecule has 4 nitrogen and oxygen atoms in total. The normalized spacial score (nSPS) is 23.3. The second-order valence-electron chi connectivity index (χ2n) is 4.24. The third kappa shape index (κ3) is 2.65. The van der Waals surface area contributed by atoms with Crippen LogP contribution in [-0.2, 0) is 0 Å². The summed E-state index contributed by atoms with van der Waals surface area (Å²) in [4.78, 5) is 12.3. The zero-order valence-electron chi connectivity index (χ0n) is 9.35. The van der Waals surface area contributed by atoms with Crippen molar-refractivity contribution in [1.29, 1.82) is 5.26 Å². The van der Waals surface area contributed by atoms with Gasteiger partial charge in [0.25, 0.3) is 5.91 Å². The highest BCUT2D eigenvalue weighted by molar-refractivity contribution is 7.12. The Morgan fingerprint density at radius 3 is 3.12 bits per heavy atom. The van der Waals surface area contributed by atoms with E-state index >= 15 is 0 Å². The van der Waals surface area contributed by atoms with Crippen LogP contribution in [0.2, 0.25) is 0 Å². The van der Waals surface area contributed by atoms with Gasteiger partial charge in [-0.2, -0.15) is 5.26 Å². The zero-order chi connectivity index (χ0) is 12.3. The molecule has 1 aliphatic rings. The molecule has 1 aromatic heterocycles. The van der Waals surface area contributed by atoms with Gasteiger partial charge in [-0.25, -0.2) is 0 Å². The lowest BCUT2D eigenvalue weighted by Crippen LogP contribution is -2.32. The van der Waals surface area contributed by atoms with Gasteiger partial charge in [0, 0.05) is 12.5 Å². The molecule has 0 radical (unpaired) electrons. The van der Waals surface area contributed by atoms with Gasteiger partial charge >= 0.3 is 0 Å². The van der Waals surface area contributed by atoms with E-state index in [1.165, 1.54) is 11.3 Å². The van der Waals surface area contributed by atoms with Crippen molar-refractivity contribution in [3.8, 4) is 6.07 Å². The summed E-state index contributed by atoms with van der Waals surface area (Å²) in [6, 6.07) is 3.64. The summed E-state index contributed by atoms with van der Waals surface area (Å²) in [5.41, 5.74) is 0.416. The number of carbonyl (C=O) groups excluding carboxylic acids is 1. The molecule has 2 rings (SSSR count). The van der Waals surface area contributed by atoms with E-state index < -0.39 is 0 Å². The molecule has 1 amide bonds. The van der Waals surface area contributed by atoms with Crippen molar-refractivity contribution < 1.29 is 9.90 Å². The Morgan fingerprint density at radius 1 is 1.65 bits per heavy atom. The third-order valence-corrected chi connectivity index (χ3v) is 4.05. The molecule has 1 saturated carbocycles. The van der Waals surface area contributed by atoms with Crippen molar-refractivity contribution >= 4 is 17.2 Å². The van der Waals surface area contributed by atoms with E-state index in [0.717, 1.165) is 19.3 Å². The number of aliphatic hydroxyl groups excluding tert-OH is 1. The Balaban J connectivity index is 1.92. The molecular formula is C12H14N2O2S. The van der Waals surface area contributed by atoms with E-state index in [9.17, 15) is 9.90 Å². The minimum atomic E-state index is -0.297. The summed E-state index contributed by atoms with van der Waals surface area (Å²) in [5, 5.41) is 23.0. The number of thiophene rings is 1. The smallest absolute Gasteiger partial charge is 0.262 e. The van der Waals surface area contributed by atoms with Crippen LogP contribution in [0.5, 0.6) is 0 Å². The minimum absolute atomic E-state index is 0.157. The number of rotatable bonds is 3. The Kier molecular flexibility index (Phi) is 3.77. The maximum Gasteiger partial charge on any atom is 0.262 e. The monoisotopic (exact) mass is 250 g/mol. The van der Waals surface area contributed by atoms with Gasteiger partial charge in [0.05, 0.1) is 11.7 Å². The van der Waals surface area contributed by atoms with Crippen LogP contribution in [0.4, 0.5) is 0 Å². The van der Waals surface area contributed by atoms with Gasteiger partial charge in [-0.15, -0.1) is 11.3 Å². The number of hydrogen-bond acceptors (Lipinski definition) is 4. The molecule has 1 aliphatic carbocycles. The van der Waals surface area contributed by atoms with Crippen LogP contribution in [0.15, 0.2) is 11.4 Å². The number of aliphatic hydroxyl groups is 1. The topological polar surface area (TPSA) is 73.1 Å². The highest BCUT2D eigenvalue weighted by atomic mass is 32.1. The molecule has 2 atom stereocenters. The van der Waals surface area contributed by atoms with E-state index in [-0.39, 0.29) is 17.9 Å². The summed E-state index contributed by atoms with van der Waals surface area (Å²) in [6.45, 7) is 0.489. The number of hydrogen-bond donors (Lipinski definition) is 2. The third-order valence-electron chi connectivity index (χ3n) is 3.14. The highest BCUT2D eigenvalue weighted by Crippen LogP contribution is 2.25. The molecular weight excluding hydrogens is 236 g/mol. The van der Waals surface area contributed by atoms with Gasteiger partial charge in [-0.3, -0.25) is 4.79 Å². The molecule has 1 aromatic rings. The fourth-order valence-electron chi connectivity index (χ4n) is 2.13. The van der Waals surface area contributed by atoms with Crippen molar-refractivity contribution in [1.82, 2.24) is 5.32 Å². The lowest BCUT2D eigenvalue weighted by Gasteiger charge is -2.14. The molecule has 90 valence electrons. The van der Waals surface area contributed by atoms with E-state index in [1.807, 2.05) is 6.07 Å². The summed E-state index contributed by atoms with van der Waals surface area (Å²) >= 11 is 1.27. The largest absolute Gasteiger partial charge is 0.393 e. The average Bonchev–Trinajstić information content (AvgIpc) is 2.94. The Hall–Kier alpha value is -1.38. The number of nitrogens with zero attached hydrogens (tertiary/aromatic N) is 1. The minimum Gasteiger partial charge on any atom is -0.393 e. The van der Waals surface area contributed by atoms with Gasteiger partial charge in [0.2, 0.25) is 0 Å². The maximum absolute atomic E-state index is 11.8. The standard InChI is InChI=1S/C12H14N2O2S/c13-6-8-4-5-17-11(8)12(16)14-7-9-2-1-3-10(9)15/h4-5,9-10,15H,1-3,7H2,(H,14,16). The number of carbonyl (C=O) groups is 1. The molecule has 0 aromatic carbocycles. The Morgan fingerprint density at radius 2 is 2.47 bits per heavy atom. The van der Waals surface area contributed by atoms with Gasteiger partial charge in [-0.1, -0.05) is 6.42 Å². The van der Waals surface area contributed by atoms with Crippen LogP contribution >= 0.6 is 11.3 Å². The zero-order valence-corrected chi connectivity index (χ0v) is 10.2. The van der Waals surface area contributed by atoms with Crippen LogP contribution in [0.3, 0.4) is 0 Å². The Labute approximate surface area is 104 Å². The summed E-state index contributed by atoms with van der Waals surface area (Å²) in [6.07, 6.45) is 2.50. The lowest BCUT2D eigenvalue weighted by atomic mass is 10.1. The van der Waals surface area contributed by atoms with E-state index in [4.69, 9.17) is 5.26 Å². The van der Waals surface area contributed by atoms with Crippen LogP contribution < -0.4 is 5.32 Å². The number of nitriles is 1. The predicted octanol–water partition coefficient (Wildman–Crippen LogP) is 1.51. The van der Waals surface area contributed by atoms with E-state index in [1.54, 1.807) is 11.4 Å². The number of nitrogens with one attached hydrogen (secondary N) is 1. The SMILES string of the molecule is N#Cc1ccsc1C(=O)NCC1CCCC1O. The molecule has 2 unspecified atom stereocenters. The average molecular weight is 250 g/mol. The molecule has 0 spiro atoms. The fourth-order valence-corrected chi connectivity index (χ4v) is 2.89. The van der Waals surface area contributed by atoms with Crippen LogP contribution in [-0.4, -0.2) is 23.7 Å². The summed E-state index contributed by atoms with van der Waals surface area (Å²) in [5.74, 6) is -0.0555. The molecule has 1 heterocycles. The summed E-state index contributed by atoms with van der Waals surface area (Å²) in [7, 11) is 0. The molecule has 5 heteroatoms. The van der Waals surface area contributed by atoms with Crippen LogP contribution in [0, 0.1) is 17.2 Å². The van der Waals surface area contributed by atoms with Crippen LogP contribution in [0.1, 0.15) is 34.5 Å². The fraction of sp³-hybridized carbons (Fsp3) is 0.500. The molecule has 0 aliphatic heterocycles. The van der Waals surface area contributed by atoms with Crippen molar-refractivity contribution in [3.05, 3.63) is 21.9 Å². The molecule has 0 saturated heterocycles. The maximum atomic E-state index is 11.8. The van der Waals surface area contributed by atoms with Gasteiger partial charge in [0.15, 0.2) is 0 Å². The van der Waals surface area contributed by atoms with Crippen LogP contribution in [0.25, 0.3) is 0 Å². The van der Waals surface area contributed by atoms with Gasteiger partial charge in [0.1, 0.15) is 10.9 Å². The second kappa shape index (κ2) is 5.30. The summed E-state index contributed by atoms with van der Waals surface area (Å²) < 4.78 is 0. The predicted molar refractivity (Wildman–Crippen MR) is 64.7 cm³/mol. The van der Waals surface area contributed by atoms with Crippen molar-refractivity contribution in [2.45, 2.75) is 25.4 Å². The molecule has 2 N–H and O–H groups in total. The highest BCUT2D eigenvalue weighted by Gasteiger charge is 2.25. The van der Waals surface area contributed by atoms with E-state index in [0.29, 0.717) is 17.0 Å². The Bertz CT molecular complexity index is 450. The first-order chi connectivity index (χ1) is 8.22. The lowest BCUT2D eigenvalue weighted by molar-refractivity contribution is 0.0920. The first kappa shape index (κ1) is 12.1. The van der Waals surface area contributed by atoms with Gasteiger partial charge in [-0.05, 0) is 24.3 Å².